The largest absolute Gasteiger partial charge is 0.393 e. The van der Waals surface area contributed by atoms with Crippen LogP contribution in [0.25, 0.3) is 0 Å². The first-order valence-electron chi connectivity index (χ1n) is 19.1. The summed E-state index contributed by atoms with van der Waals surface area (Å²) in [5.41, 5.74) is -1.79. The van der Waals surface area contributed by atoms with Gasteiger partial charge < -0.3 is 64.9 Å². The van der Waals surface area contributed by atoms with E-state index in [2.05, 4.69) is 20.8 Å². The lowest BCUT2D eigenvalue weighted by atomic mass is 9.42. The maximum Gasteiger partial charge on any atom is 0.186 e. The average molecular weight is 717 g/mol. The van der Waals surface area contributed by atoms with Gasteiger partial charge in [0.2, 0.25) is 0 Å². The summed E-state index contributed by atoms with van der Waals surface area (Å²) in [5.74, 6) is -0.0687. The van der Waals surface area contributed by atoms with Crippen molar-refractivity contribution in [3.63, 3.8) is 0 Å². The Hall–Kier alpha value is -0.520. The average Bonchev–Trinajstić information content (AvgIpc) is 3.49. The lowest BCUT2D eigenvalue weighted by Crippen LogP contribution is -2.68. The summed E-state index contributed by atoms with van der Waals surface area (Å²) in [7, 11) is 0. The summed E-state index contributed by atoms with van der Waals surface area (Å²) in [6.07, 6.45) is -6.40. The third-order valence-corrected chi connectivity index (χ3v) is 14.6. The molecule has 50 heavy (non-hydrogen) atoms. The number of ether oxygens (including phenoxy) is 4. The smallest absolute Gasteiger partial charge is 0.186 e. The second-order valence-corrected chi connectivity index (χ2v) is 17.9. The van der Waals surface area contributed by atoms with Crippen molar-refractivity contribution in [1.29, 1.82) is 0 Å². The van der Waals surface area contributed by atoms with Crippen LogP contribution in [0.5, 0.6) is 0 Å². The molecule has 12 unspecified atom stereocenters. The third-order valence-electron chi connectivity index (χ3n) is 14.6. The van der Waals surface area contributed by atoms with Gasteiger partial charge >= 0.3 is 0 Å². The van der Waals surface area contributed by atoms with E-state index in [-0.39, 0.29) is 72.1 Å². The van der Waals surface area contributed by atoms with Gasteiger partial charge in [0.25, 0.3) is 0 Å². The van der Waals surface area contributed by atoms with E-state index in [1.165, 1.54) is 0 Å². The van der Waals surface area contributed by atoms with Crippen LogP contribution >= 0.6 is 0 Å². The van der Waals surface area contributed by atoms with Crippen LogP contribution in [0.1, 0.15) is 92.4 Å². The monoisotopic (exact) mass is 716 g/mol. The molecule has 2 saturated heterocycles. The SMILES string of the molecule is CC(C)[C@H](CC[C@@H](C)C1C[C@@H](O)C2[C@]1(C)CCC1[C@@]3(C)CC[C@H](O)CC3[C@@H](O)C[C@]12O)OC1OC(COC2OCC(O)C(O)C2O)C(O)C1O. The summed E-state index contributed by atoms with van der Waals surface area (Å²) in [6.45, 7) is 10.2. The van der Waals surface area contributed by atoms with Gasteiger partial charge in [-0.1, -0.05) is 34.6 Å². The molecule has 290 valence electrons. The van der Waals surface area contributed by atoms with Crippen LogP contribution < -0.4 is 0 Å². The Morgan fingerprint density at radius 2 is 1.44 bits per heavy atom. The Balaban J connectivity index is 1.07. The Bertz CT molecular complexity index is 1160. The Kier molecular flexibility index (Phi) is 11.5. The highest BCUT2D eigenvalue weighted by molar-refractivity contribution is 5.20. The zero-order chi connectivity index (χ0) is 36.5. The van der Waals surface area contributed by atoms with Gasteiger partial charge in [-0.15, -0.1) is 0 Å². The zero-order valence-electron chi connectivity index (χ0n) is 30.3. The standard InChI is InChI=1S/C37H64O13/c1-17(2)25(49-34-31(45)29(43)26(50-34)16-48-33-30(44)28(42)24(41)15-47-33)7-6-18(3)20-13-22(39)32-36(20,5)11-9-27-35(4)10-8-19(38)12-21(35)23(40)14-37(27,32)46/h17-34,38-46H,6-16H2,1-5H3/t18-,19+,20?,21?,22-,23+,24?,25+,26?,27?,28?,29?,30?,31?,32?,33?,34?,35+,36-,37+/m1/s1. The molecule has 6 aliphatic rings. The van der Waals surface area contributed by atoms with Crippen LogP contribution in [0.3, 0.4) is 0 Å². The van der Waals surface area contributed by atoms with Crippen LogP contribution in [0, 0.1) is 46.3 Å². The summed E-state index contributed by atoms with van der Waals surface area (Å²) in [6, 6.07) is 0. The van der Waals surface area contributed by atoms with Crippen molar-refractivity contribution in [2.45, 2.75) is 172 Å². The predicted octanol–water partition coefficient (Wildman–Crippen LogP) is 0.423. The minimum absolute atomic E-state index is 0.0430. The molecule has 0 amide bonds. The summed E-state index contributed by atoms with van der Waals surface area (Å²) in [4.78, 5) is 0. The van der Waals surface area contributed by atoms with E-state index >= 15 is 0 Å². The molecule has 20 atom stereocenters. The summed E-state index contributed by atoms with van der Waals surface area (Å²) >= 11 is 0. The van der Waals surface area contributed by atoms with Gasteiger partial charge in [-0.25, -0.2) is 0 Å². The molecule has 0 aromatic heterocycles. The van der Waals surface area contributed by atoms with E-state index in [1.807, 2.05) is 13.8 Å². The van der Waals surface area contributed by atoms with Gasteiger partial charge in [-0.2, -0.15) is 0 Å². The van der Waals surface area contributed by atoms with Crippen LogP contribution in [0.15, 0.2) is 0 Å². The highest BCUT2D eigenvalue weighted by Crippen LogP contribution is 2.69. The van der Waals surface area contributed by atoms with Gasteiger partial charge in [0.15, 0.2) is 12.6 Å². The van der Waals surface area contributed by atoms with Crippen molar-refractivity contribution in [3.8, 4) is 0 Å². The molecule has 4 saturated carbocycles. The number of hydrogen-bond acceptors (Lipinski definition) is 13. The maximum atomic E-state index is 12.6. The molecule has 0 bridgehead atoms. The molecule has 9 N–H and O–H groups in total. The van der Waals surface area contributed by atoms with Crippen LogP contribution in [-0.4, -0.2) is 138 Å². The molecule has 0 aromatic rings. The molecular formula is C37H64O13. The quantitative estimate of drug-likeness (QED) is 0.150. The van der Waals surface area contributed by atoms with Crippen molar-refractivity contribution in [2.75, 3.05) is 13.2 Å². The predicted molar refractivity (Wildman–Crippen MR) is 178 cm³/mol. The van der Waals surface area contributed by atoms with Crippen molar-refractivity contribution < 1.29 is 64.9 Å². The van der Waals surface area contributed by atoms with Crippen LogP contribution in [0.2, 0.25) is 0 Å². The first kappa shape index (κ1) is 39.2. The number of aliphatic hydroxyl groups is 9. The van der Waals surface area contributed by atoms with E-state index in [4.69, 9.17) is 18.9 Å². The number of fused-ring (bicyclic) bond motifs is 5. The highest BCUT2D eigenvalue weighted by Gasteiger charge is 2.70. The van der Waals surface area contributed by atoms with Gasteiger partial charge in [0.1, 0.15) is 36.6 Å². The Morgan fingerprint density at radius 1 is 0.760 bits per heavy atom. The fourth-order valence-corrected chi connectivity index (χ4v) is 11.8. The molecule has 2 aliphatic heterocycles. The van der Waals surface area contributed by atoms with Gasteiger partial charge in [0.05, 0.1) is 43.2 Å². The number of rotatable bonds is 10. The molecule has 0 radical (unpaired) electrons. The van der Waals surface area contributed by atoms with Crippen LogP contribution in [0.4, 0.5) is 0 Å². The van der Waals surface area contributed by atoms with Gasteiger partial charge in [-0.05, 0) is 91.8 Å². The Labute approximate surface area is 295 Å². The molecule has 6 fully saturated rings. The lowest BCUT2D eigenvalue weighted by molar-refractivity contribution is -0.279. The highest BCUT2D eigenvalue weighted by atomic mass is 16.7. The third kappa shape index (κ3) is 6.73. The van der Waals surface area contributed by atoms with Crippen molar-refractivity contribution in [3.05, 3.63) is 0 Å². The summed E-state index contributed by atoms with van der Waals surface area (Å²) in [5, 5.41) is 97.4. The minimum atomic E-state index is -1.49. The first-order valence-corrected chi connectivity index (χ1v) is 19.1. The molecular weight excluding hydrogens is 652 g/mol. The van der Waals surface area contributed by atoms with Crippen molar-refractivity contribution in [1.82, 2.24) is 0 Å². The molecule has 0 aromatic carbocycles. The number of aliphatic hydroxyl groups excluding tert-OH is 8. The maximum absolute atomic E-state index is 12.6. The van der Waals surface area contributed by atoms with E-state index in [0.717, 1.165) is 25.7 Å². The molecule has 2 heterocycles. The zero-order valence-corrected chi connectivity index (χ0v) is 30.3. The van der Waals surface area contributed by atoms with Crippen molar-refractivity contribution >= 4 is 0 Å². The molecule has 13 nitrogen and oxygen atoms in total. The lowest BCUT2D eigenvalue weighted by Gasteiger charge is -2.66. The van der Waals surface area contributed by atoms with Crippen molar-refractivity contribution in [2.24, 2.45) is 46.3 Å². The number of hydrogen-bond donors (Lipinski definition) is 9. The topological polar surface area (TPSA) is 219 Å². The summed E-state index contributed by atoms with van der Waals surface area (Å²) < 4.78 is 23.0. The first-order chi connectivity index (χ1) is 23.4. The Morgan fingerprint density at radius 3 is 2.14 bits per heavy atom. The van der Waals surface area contributed by atoms with Gasteiger partial charge in [0, 0.05) is 12.3 Å². The van der Waals surface area contributed by atoms with E-state index < -0.39 is 73.1 Å². The fourth-order valence-electron chi connectivity index (χ4n) is 11.8. The molecule has 0 spiro atoms. The second kappa shape index (κ2) is 14.6. The fraction of sp³-hybridized carbons (Fsp3) is 1.00. The van der Waals surface area contributed by atoms with E-state index in [9.17, 15) is 46.0 Å². The molecule has 6 rings (SSSR count). The van der Waals surface area contributed by atoms with Crippen LogP contribution in [-0.2, 0) is 18.9 Å². The van der Waals surface area contributed by atoms with E-state index in [0.29, 0.717) is 25.7 Å². The molecule has 4 aliphatic carbocycles. The second-order valence-electron chi connectivity index (χ2n) is 17.9. The van der Waals surface area contributed by atoms with E-state index in [1.54, 1.807) is 0 Å². The van der Waals surface area contributed by atoms with Gasteiger partial charge in [-0.3, -0.25) is 0 Å². The molecule has 13 heteroatoms. The minimum Gasteiger partial charge on any atom is -0.393 e. The normalized spacial score (nSPS) is 53.5.